The summed E-state index contributed by atoms with van der Waals surface area (Å²) < 4.78 is 58.6. The van der Waals surface area contributed by atoms with Crippen LogP contribution in [-0.2, 0) is 31.2 Å². The smallest absolute Gasteiger partial charge is 0.305 e. The Labute approximate surface area is 152 Å². The predicted octanol–water partition coefficient (Wildman–Crippen LogP) is -1.17. The highest BCUT2D eigenvalue weighted by atomic mass is 32.2. The van der Waals surface area contributed by atoms with Crippen molar-refractivity contribution < 1.29 is 31.3 Å². The van der Waals surface area contributed by atoms with Crippen LogP contribution < -0.4 is 11.1 Å². The Hall–Kier alpha value is -1.37. The molecule has 2 rings (SSSR count). The first-order valence-electron chi connectivity index (χ1n) is 7.84. The third-order valence-corrected chi connectivity index (χ3v) is 7.83. The fraction of sp³-hybridized carbons (Fsp3) is 0.533. The molecule has 11 heteroatoms. The Kier molecular flexibility index (Phi) is 5.62. The molecule has 1 heterocycles. The molecule has 2 unspecified atom stereocenters. The molecule has 3 atom stereocenters. The van der Waals surface area contributed by atoms with Gasteiger partial charge in [0.25, 0.3) is 4.93 Å². The Bertz CT molecular complexity index is 880. The highest BCUT2D eigenvalue weighted by Gasteiger charge is 2.68. The van der Waals surface area contributed by atoms with Gasteiger partial charge in [0.1, 0.15) is 0 Å². The Morgan fingerprint density at radius 3 is 2.27 bits per heavy atom. The van der Waals surface area contributed by atoms with Crippen LogP contribution in [0.4, 0.5) is 0 Å². The van der Waals surface area contributed by atoms with E-state index in [1.807, 2.05) is 0 Å². The minimum absolute atomic E-state index is 0.182. The van der Waals surface area contributed by atoms with Gasteiger partial charge in [-0.15, -0.1) is 0 Å². The molecule has 0 aliphatic carbocycles. The van der Waals surface area contributed by atoms with Crippen LogP contribution in [0.25, 0.3) is 0 Å². The first-order valence-corrected chi connectivity index (χ1v) is 11.2. The highest BCUT2D eigenvalue weighted by Crippen LogP contribution is 2.36. The third-order valence-electron chi connectivity index (χ3n) is 4.63. The summed E-state index contributed by atoms with van der Waals surface area (Å²) >= 11 is 0. The minimum Gasteiger partial charge on any atom is -0.365 e. The molecular weight excluding hydrogens is 384 g/mol. The molecule has 9 nitrogen and oxygen atoms in total. The molecule has 0 aromatic heterocycles. The van der Waals surface area contributed by atoms with E-state index in [1.165, 1.54) is 12.1 Å². The maximum absolute atomic E-state index is 12.8. The summed E-state index contributed by atoms with van der Waals surface area (Å²) in [6.07, 6.45) is 0.623. The van der Waals surface area contributed by atoms with Gasteiger partial charge in [-0.05, 0) is 24.9 Å². The van der Waals surface area contributed by atoms with Gasteiger partial charge in [0.05, 0.1) is 6.04 Å². The number of carbonyl (C=O) groups excluding carboxylic acids is 1. The molecule has 0 bridgehead atoms. The van der Waals surface area contributed by atoms with Crippen molar-refractivity contribution in [1.29, 1.82) is 0 Å². The molecule has 0 spiro atoms. The van der Waals surface area contributed by atoms with Crippen LogP contribution >= 0.6 is 0 Å². The standard InChI is InChI=1S/C15H22N2O7S2/c1-25(20,21)14(16,10-11-6-3-2-4-7-11)15(19,26(22,23)24)13(18)12-8-5-9-17-12/h2-4,6-7,12,17,19H,5,8-10,16H2,1H3,(H,22,23,24)/t12-,14?,15?/m0/s1. The van der Waals surface area contributed by atoms with Crippen molar-refractivity contribution in [1.82, 2.24) is 5.32 Å². The van der Waals surface area contributed by atoms with Crippen LogP contribution in [0.3, 0.4) is 0 Å². The lowest BCUT2D eigenvalue weighted by molar-refractivity contribution is -0.134. The number of rotatable bonds is 7. The van der Waals surface area contributed by atoms with E-state index in [0.717, 1.165) is 0 Å². The van der Waals surface area contributed by atoms with Crippen LogP contribution in [0.2, 0.25) is 0 Å². The molecule has 26 heavy (non-hydrogen) atoms. The fourth-order valence-corrected chi connectivity index (χ4v) is 5.81. The first-order chi connectivity index (χ1) is 11.8. The number of aliphatic hydroxyl groups is 1. The van der Waals surface area contributed by atoms with Crippen molar-refractivity contribution in [2.45, 2.75) is 35.1 Å². The molecule has 1 aliphatic rings. The molecule has 0 amide bonds. The van der Waals surface area contributed by atoms with Gasteiger partial charge in [0.2, 0.25) is 5.78 Å². The minimum atomic E-state index is -5.60. The lowest BCUT2D eigenvalue weighted by Gasteiger charge is -2.40. The SMILES string of the molecule is CS(=O)(=O)C(N)(Cc1ccccc1)C(O)(C(=O)[C@@H]1CCCN1)S(=O)(=O)O. The second-order valence-corrected chi connectivity index (χ2v) is 10.3. The summed E-state index contributed by atoms with van der Waals surface area (Å²) in [6.45, 7) is 0.382. The van der Waals surface area contributed by atoms with E-state index in [9.17, 15) is 31.3 Å². The number of carbonyl (C=O) groups is 1. The van der Waals surface area contributed by atoms with Crippen molar-refractivity contribution >= 4 is 25.7 Å². The van der Waals surface area contributed by atoms with Gasteiger partial charge in [0.15, 0.2) is 14.7 Å². The van der Waals surface area contributed by atoms with E-state index >= 15 is 0 Å². The number of nitrogens with two attached hydrogens (primary N) is 1. The monoisotopic (exact) mass is 406 g/mol. The Morgan fingerprint density at radius 1 is 1.27 bits per heavy atom. The van der Waals surface area contributed by atoms with Gasteiger partial charge in [0, 0.05) is 12.7 Å². The summed E-state index contributed by atoms with van der Waals surface area (Å²) in [6, 6.07) is 6.56. The van der Waals surface area contributed by atoms with E-state index < -0.39 is 48.0 Å². The Morgan fingerprint density at radius 2 is 1.85 bits per heavy atom. The number of sulfone groups is 1. The van der Waals surface area contributed by atoms with Gasteiger partial charge < -0.3 is 16.2 Å². The third kappa shape index (κ3) is 3.42. The summed E-state index contributed by atoms with van der Waals surface area (Å²) in [5.41, 5.74) is 6.19. The van der Waals surface area contributed by atoms with Gasteiger partial charge in [-0.2, -0.15) is 8.42 Å². The van der Waals surface area contributed by atoms with Gasteiger partial charge in [-0.3, -0.25) is 9.35 Å². The van der Waals surface area contributed by atoms with E-state index in [1.54, 1.807) is 18.2 Å². The second-order valence-electron chi connectivity index (χ2n) is 6.46. The quantitative estimate of drug-likeness (QED) is 0.408. The summed E-state index contributed by atoms with van der Waals surface area (Å²) in [5, 5.41) is 13.5. The van der Waals surface area contributed by atoms with E-state index in [2.05, 4.69) is 5.32 Å². The number of hydrogen-bond acceptors (Lipinski definition) is 8. The van der Waals surface area contributed by atoms with Gasteiger partial charge in [-0.1, -0.05) is 30.3 Å². The molecular formula is C15H22N2O7S2. The maximum atomic E-state index is 12.8. The normalized spacial score (nSPS) is 23.2. The molecule has 1 aromatic rings. The van der Waals surface area contributed by atoms with Crippen LogP contribution in [0.5, 0.6) is 0 Å². The zero-order chi connectivity index (χ0) is 19.8. The van der Waals surface area contributed by atoms with Gasteiger partial charge in [-0.25, -0.2) is 8.42 Å². The number of benzene rings is 1. The number of ketones is 1. The lowest BCUT2D eigenvalue weighted by Crippen LogP contribution is -2.74. The molecule has 5 N–H and O–H groups in total. The molecule has 1 fully saturated rings. The number of hydrogen-bond donors (Lipinski definition) is 4. The molecule has 0 saturated carbocycles. The predicted molar refractivity (Wildman–Crippen MR) is 94.4 cm³/mol. The fourth-order valence-electron chi connectivity index (χ4n) is 3.10. The zero-order valence-corrected chi connectivity index (χ0v) is 15.8. The molecule has 1 saturated heterocycles. The first kappa shape index (κ1) is 20.9. The number of Topliss-reactive ketones (excluding diaryl/α,β-unsaturated/α-hetero) is 1. The van der Waals surface area contributed by atoms with Crippen molar-refractivity contribution in [3.05, 3.63) is 35.9 Å². The van der Waals surface area contributed by atoms with E-state index in [0.29, 0.717) is 19.2 Å². The van der Waals surface area contributed by atoms with Crippen LogP contribution in [-0.4, -0.2) is 60.9 Å². The molecule has 146 valence electrons. The van der Waals surface area contributed by atoms with Crippen LogP contribution in [0.15, 0.2) is 30.3 Å². The zero-order valence-electron chi connectivity index (χ0n) is 14.1. The summed E-state index contributed by atoms with van der Waals surface area (Å²) in [7, 11) is -10.1. The van der Waals surface area contributed by atoms with Crippen molar-refractivity contribution in [2.75, 3.05) is 12.8 Å². The molecule has 0 radical (unpaired) electrons. The van der Waals surface area contributed by atoms with Crippen molar-refractivity contribution in [2.24, 2.45) is 5.73 Å². The average molecular weight is 406 g/mol. The van der Waals surface area contributed by atoms with Crippen LogP contribution in [0.1, 0.15) is 18.4 Å². The molecule has 1 aliphatic heterocycles. The lowest BCUT2D eigenvalue weighted by atomic mass is 9.94. The topological polar surface area (TPSA) is 164 Å². The molecule has 1 aromatic carbocycles. The summed E-state index contributed by atoms with van der Waals surface area (Å²) in [4.78, 5) is 6.08. The second kappa shape index (κ2) is 6.98. The van der Waals surface area contributed by atoms with Crippen molar-refractivity contribution in [3.63, 3.8) is 0 Å². The largest absolute Gasteiger partial charge is 0.365 e. The number of nitrogens with one attached hydrogen (secondary N) is 1. The highest BCUT2D eigenvalue weighted by molar-refractivity contribution is 7.94. The van der Waals surface area contributed by atoms with Gasteiger partial charge >= 0.3 is 10.1 Å². The van der Waals surface area contributed by atoms with Crippen LogP contribution in [0, 0.1) is 0 Å². The Balaban J connectivity index is 2.69. The van der Waals surface area contributed by atoms with E-state index in [-0.39, 0.29) is 12.0 Å². The average Bonchev–Trinajstić information content (AvgIpc) is 3.06. The van der Waals surface area contributed by atoms with E-state index in [4.69, 9.17) is 5.73 Å². The maximum Gasteiger partial charge on any atom is 0.305 e. The summed E-state index contributed by atoms with van der Waals surface area (Å²) in [5.74, 6) is -1.39. The van der Waals surface area contributed by atoms with Crippen molar-refractivity contribution in [3.8, 4) is 0 Å².